The van der Waals surface area contributed by atoms with Gasteiger partial charge in [0.15, 0.2) is 0 Å². The normalized spacial score (nSPS) is 29.0. The average Bonchev–Trinajstić information content (AvgIpc) is 2.28. The van der Waals surface area contributed by atoms with E-state index in [4.69, 9.17) is 5.11 Å². The maximum Gasteiger partial charge on any atom is 0.0581 e. The molecule has 0 aromatic heterocycles. The van der Waals surface area contributed by atoms with Crippen molar-refractivity contribution >= 4 is 0 Å². The quantitative estimate of drug-likeness (QED) is 0.711. The van der Waals surface area contributed by atoms with Gasteiger partial charge in [-0.15, -0.1) is 0 Å². The van der Waals surface area contributed by atoms with Crippen LogP contribution in [0.2, 0.25) is 0 Å². The molecule has 0 aliphatic heterocycles. The molecule has 1 saturated carbocycles. The fraction of sp³-hybridized carbons (Fsp3) is 1.00. The van der Waals surface area contributed by atoms with Crippen LogP contribution in [0.3, 0.4) is 0 Å². The molecule has 1 atom stereocenters. The molecule has 0 radical (unpaired) electrons. The van der Waals surface area contributed by atoms with E-state index in [1.54, 1.807) is 0 Å². The summed E-state index contributed by atoms with van der Waals surface area (Å²) in [5.74, 6) is 1.86. The van der Waals surface area contributed by atoms with Gasteiger partial charge in [-0.1, -0.05) is 32.6 Å². The van der Waals surface area contributed by atoms with E-state index in [0.717, 1.165) is 18.4 Å². The van der Waals surface area contributed by atoms with E-state index >= 15 is 0 Å². The topological polar surface area (TPSA) is 32.3 Å². The Labute approximate surface area is 94.5 Å². The minimum Gasteiger partial charge on any atom is -0.395 e. The number of aliphatic hydroxyl groups excluding tert-OH is 1. The second-order valence-electron chi connectivity index (χ2n) is 5.17. The maximum absolute atomic E-state index is 8.91. The first-order valence-electron chi connectivity index (χ1n) is 6.60. The number of rotatable bonds is 6. The molecule has 0 heterocycles. The highest BCUT2D eigenvalue weighted by molar-refractivity contribution is 4.74. The van der Waals surface area contributed by atoms with E-state index in [0.29, 0.717) is 0 Å². The first-order valence-corrected chi connectivity index (χ1v) is 6.60. The molecular weight excluding hydrogens is 186 g/mol. The third-order valence-electron chi connectivity index (χ3n) is 3.69. The molecule has 2 heteroatoms. The van der Waals surface area contributed by atoms with Gasteiger partial charge in [0, 0.05) is 6.04 Å². The Morgan fingerprint density at radius 2 is 1.80 bits per heavy atom. The van der Waals surface area contributed by atoms with Crippen molar-refractivity contribution in [1.82, 2.24) is 5.32 Å². The molecule has 0 spiro atoms. The number of nitrogens with one attached hydrogen (secondary N) is 1. The van der Waals surface area contributed by atoms with Crippen LogP contribution in [0.1, 0.15) is 52.4 Å². The number of hydrogen-bond donors (Lipinski definition) is 2. The van der Waals surface area contributed by atoms with Gasteiger partial charge in [-0.05, 0) is 38.1 Å². The molecule has 0 amide bonds. The van der Waals surface area contributed by atoms with E-state index in [1.165, 1.54) is 38.5 Å². The van der Waals surface area contributed by atoms with Crippen LogP contribution >= 0.6 is 0 Å². The Morgan fingerprint density at radius 1 is 1.20 bits per heavy atom. The fourth-order valence-electron chi connectivity index (χ4n) is 2.56. The Bertz CT molecular complexity index is 153. The molecule has 1 aliphatic rings. The van der Waals surface area contributed by atoms with Gasteiger partial charge in [0.25, 0.3) is 0 Å². The molecule has 0 aromatic rings. The smallest absolute Gasteiger partial charge is 0.0581 e. The second kappa shape index (κ2) is 7.24. The van der Waals surface area contributed by atoms with Gasteiger partial charge >= 0.3 is 0 Å². The van der Waals surface area contributed by atoms with Gasteiger partial charge in [-0.2, -0.15) is 0 Å². The zero-order valence-corrected chi connectivity index (χ0v) is 10.3. The molecule has 90 valence electrons. The van der Waals surface area contributed by atoms with Crippen molar-refractivity contribution in [3.05, 3.63) is 0 Å². The van der Waals surface area contributed by atoms with Gasteiger partial charge in [0.2, 0.25) is 0 Å². The highest BCUT2D eigenvalue weighted by atomic mass is 16.3. The molecule has 0 bridgehead atoms. The third kappa shape index (κ3) is 4.98. The summed E-state index contributed by atoms with van der Waals surface area (Å²) in [6, 6.07) is 0.262. The molecular formula is C13H27NO. The minimum absolute atomic E-state index is 0.255. The van der Waals surface area contributed by atoms with Crippen LogP contribution in [0.5, 0.6) is 0 Å². The summed E-state index contributed by atoms with van der Waals surface area (Å²) < 4.78 is 0. The molecule has 0 aromatic carbocycles. The summed E-state index contributed by atoms with van der Waals surface area (Å²) in [6.45, 7) is 5.69. The lowest BCUT2D eigenvalue weighted by atomic mass is 9.80. The van der Waals surface area contributed by atoms with Crippen molar-refractivity contribution < 1.29 is 5.11 Å². The van der Waals surface area contributed by atoms with Crippen molar-refractivity contribution in [2.45, 2.75) is 58.4 Å². The van der Waals surface area contributed by atoms with Crippen LogP contribution < -0.4 is 5.32 Å². The molecule has 1 rings (SSSR count). The first kappa shape index (κ1) is 13.0. The predicted octanol–water partition coefficient (Wildman–Crippen LogP) is 2.56. The van der Waals surface area contributed by atoms with Gasteiger partial charge in [0.05, 0.1) is 6.61 Å². The van der Waals surface area contributed by atoms with Crippen LogP contribution in [-0.2, 0) is 0 Å². The van der Waals surface area contributed by atoms with E-state index in [-0.39, 0.29) is 12.6 Å². The monoisotopic (exact) mass is 213 g/mol. The highest BCUT2D eigenvalue weighted by Crippen LogP contribution is 2.31. The summed E-state index contributed by atoms with van der Waals surface area (Å²) in [7, 11) is 0. The van der Waals surface area contributed by atoms with Gasteiger partial charge < -0.3 is 10.4 Å². The van der Waals surface area contributed by atoms with Crippen LogP contribution in [-0.4, -0.2) is 24.3 Å². The molecule has 1 fully saturated rings. The minimum atomic E-state index is 0.255. The predicted molar refractivity (Wildman–Crippen MR) is 64.9 cm³/mol. The molecule has 2 N–H and O–H groups in total. The summed E-state index contributed by atoms with van der Waals surface area (Å²) in [5.41, 5.74) is 0. The Balaban J connectivity index is 2.09. The average molecular weight is 213 g/mol. The third-order valence-corrected chi connectivity index (χ3v) is 3.69. The summed E-state index contributed by atoms with van der Waals surface area (Å²) >= 11 is 0. The standard InChI is InChI=1S/C13H27NO/c1-3-4-12-5-7-13(8-6-12)9-14-11(2)10-15/h11-15H,3-10H2,1-2H3/t11-,12?,13?/m0/s1. The summed E-state index contributed by atoms with van der Waals surface area (Å²) in [5, 5.41) is 12.3. The van der Waals surface area contributed by atoms with Crippen molar-refractivity contribution in [3.63, 3.8) is 0 Å². The SMILES string of the molecule is CCCC1CCC(CN[C@@H](C)CO)CC1. The molecule has 2 nitrogen and oxygen atoms in total. The zero-order chi connectivity index (χ0) is 11.1. The van der Waals surface area contributed by atoms with Crippen LogP contribution in [0, 0.1) is 11.8 Å². The van der Waals surface area contributed by atoms with E-state index in [1.807, 2.05) is 6.92 Å². The zero-order valence-electron chi connectivity index (χ0n) is 10.3. The second-order valence-corrected chi connectivity index (χ2v) is 5.17. The van der Waals surface area contributed by atoms with Gasteiger partial charge in [-0.3, -0.25) is 0 Å². The molecule has 0 unspecified atom stereocenters. The Hall–Kier alpha value is -0.0800. The largest absolute Gasteiger partial charge is 0.395 e. The lowest BCUT2D eigenvalue weighted by Crippen LogP contribution is -2.34. The molecule has 1 aliphatic carbocycles. The fourth-order valence-corrected chi connectivity index (χ4v) is 2.56. The summed E-state index contributed by atoms with van der Waals surface area (Å²) in [4.78, 5) is 0. The molecule has 15 heavy (non-hydrogen) atoms. The lowest BCUT2D eigenvalue weighted by molar-refractivity contribution is 0.222. The summed E-state index contributed by atoms with van der Waals surface area (Å²) in [6.07, 6.45) is 8.38. The van der Waals surface area contributed by atoms with Crippen LogP contribution in [0.4, 0.5) is 0 Å². The van der Waals surface area contributed by atoms with E-state index < -0.39 is 0 Å². The van der Waals surface area contributed by atoms with Crippen molar-refractivity contribution in [2.75, 3.05) is 13.2 Å². The Kier molecular flexibility index (Phi) is 6.26. The first-order chi connectivity index (χ1) is 7.26. The number of hydrogen-bond acceptors (Lipinski definition) is 2. The number of aliphatic hydroxyl groups is 1. The van der Waals surface area contributed by atoms with Crippen molar-refractivity contribution in [2.24, 2.45) is 11.8 Å². The van der Waals surface area contributed by atoms with E-state index in [9.17, 15) is 0 Å². The van der Waals surface area contributed by atoms with Gasteiger partial charge in [-0.25, -0.2) is 0 Å². The molecule has 0 saturated heterocycles. The Morgan fingerprint density at radius 3 is 2.33 bits per heavy atom. The van der Waals surface area contributed by atoms with Crippen LogP contribution in [0.15, 0.2) is 0 Å². The highest BCUT2D eigenvalue weighted by Gasteiger charge is 2.20. The van der Waals surface area contributed by atoms with Gasteiger partial charge in [0.1, 0.15) is 0 Å². The van der Waals surface area contributed by atoms with Crippen molar-refractivity contribution in [1.29, 1.82) is 0 Å². The maximum atomic E-state index is 8.91. The lowest BCUT2D eigenvalue weighted by Gasteiger charge is -2.29. The van der Waals surface area contributed by atoms with Crippen LogP contribution in [0.25, 0.3) is 0 Å². The van der Waals surface area contributed by atoms with Crippen molar-refractivity contribution in [3.8, 4) is 0 Å². The van der Waals surface area contributed by atoms with E-state index in [2.05, 4.69) is 12.2 Å².